The number of imidazole rings is 1. The Morgan fingerprint density at radius 1 is 1.26 bits per heavy atom. The lowest BCUT2D eigenvalue weighted by Crippen LogP contribution is -1.98. The fraction of sp³-hybridized carbons (Fsp3) is 0.214. The number of hydrogen-bond donors (Lipinski definition) is 1. The molecule has 98 valence electrons. The standard InChI is InChI=1S/C14H14FN3S/c1-8(2)12-13(16)18-11(7-19-14(18)17-12)9-3-5-10(15)6-4-9/h3-8H,16H2,1-2H3. The van der Waals surface area contributed by atoms with E-state index in [9.17, 15) is 4.39 Å². The van der Waals surface area contributed by atoms with Crippen molar-refractivity contribution in [1.82, 2.24) is 9.38 Å². The van der Waals surface area contributed by atoms with Gasteiger partial charge >= 0.3 is 0 Å². The first-order valence-corrected chi connectivity index (χ1v) is 6.97. The summed E-state index contributed by atoms with van der Waals surface area (Å²) in [4.78, 5) is 5.43. The lowest BCUT2D eigenvalue weighted by Gasteiger charge is -2.04. The minimum atomic E-state index is -0.239. The first-order chi connectivity index (χ1) is 9.08. The first-order valence-electron chi connectivity index (χ1n) is 6.09. The third-order valence-electron chi connectivity index (χ3n) is 3.11. The van der Waals surface area contributed by atoms with Gasteiger partial charge in [0.2, 0.25) is 0 Å². The van der Waals surface area contributed by atoms with Crippen molar-refractivity contribution < 1.29 is 4.39 Å². The molecule has 3 nitrogen and oxygen atoms in total. The van der Waals surface area contributed by atoms with Crippen LogP contribution in [0.4, 0.5) is 10.2 Å². The Hall–Kier alpha value is -1.88. The van der Waals surface area contributed by atoms with E-state index in [1.54, 1.807) is 23.5 Å². The Morgan fingerprint density at radius 3 is 2.58 bits per heavy atom. The summed E-state index contributed by atoms with van der Waals surface area (Å²) in [5.74, 6) is 0.718. The average molecular weight is 275 g/mol. The van der Waals surface area contributed by atoms with Crippen LogP contribution >= 0.6 is 11.3 Å². The predicted molar refractivity (Wildman–Crippen MR) is 77.0 cm³/mol. The minimum absolute atomic E-state index is 0.239. The molecule has 0 saturated carbocycles. The van der Waals surface area contributed by atoms with Crippen molar-refractivity contribution in [1.29, 1.82) is 0 Å². The molecule has 0 saturated heterocycles. The number of anilines is 1. The van der Waals surface area contributed by atoms with Gasteiger partial charge in [0.15, 0.2) is 4.96 Å². The van der Waals surface area contributed by atoms with Crippen LogP contribution in [-0.4, -0.2) is 9.38 Å². The molecule has 5 heteroatoms. The number of rotatable bonds is 2. The molecule has 3 aromatic rings. The van der Waals surface area contributed by atoms with Gasteiger partial charge in [-0.05, 0) is 35.7 Å². The van der Waals surface area contributed by atoms with E-state index in [4.69, 9.17) is 5.73 Å². The van der Waals surface area contributed by atoms with Crippen LogP contribution in [0.3, 0.4) is 0 Å². The average Bonchev–Trinajstić information content (AvgIpc) is 2.91. The fourth-order valence-electron chi connectivity index (χ4n) is 2.14. The summed E-state index contributed by atoms with van der Waals surface area (Å²) >= 11 is 1.54. The highest BCUT2D eigenvalue weighted by molar-refractivity contribution is 7.15. The quantitative estimate of drug-likeness (QED) is 0.770. The van der Waals surface area contributed by atoms with E-state index in [2.05, 4.69) is 18.8 Å². The van der Waals surface area contributed by atoms with Crippen LogP contribution in [0.1, 0.15) is 25.5 Å². The molecule has 0 atom stereocenters. The van der Waals surface area contributed by atoms with E-state index in [1.165, 1.54) is 12.1 Å². The molecule has 1 aromatic carbocycles. The zero-order valence-corrected chi connectivity index (χ0v) is 11.5. The largest absolute Gasteiger partial charge is 0.383 e. The summed E-state index contributed by atoms with van der Waals surface area (Å²) in [7, 11) is 0. The lowest BCUT2D eigenvalue weighted by molar-refractivity contribution is 0.628. The van der Waals surface area contributed by atoms with Gasteiger partial charge in [-0.25, -0.2) is 9.37 Å². The molecule has 0 spiro atoms. The smallest absolute Gasteiger partial charge is 0.196 e. The van der Waals surface area contributed by atoms with Gasteiger partial charge < -0.3 is 5.73 Å². The second kappa shape index (κ2) is 4.35. The highest BCUT2D eigenvalue weighted by atomic mass is 32.1. The van der Waals surface area contributed by atoms with E-state index in [-0.39, 0.29) is 11.7 Å². The highest BCUT2D eigenvalue weighted by Crippen LogP contribution is 2.32. The Bertz CT molecular complexity index is 725. The molecular formula is C14H14FN3S. The molecular weight excluding hydrogens is 261 g/mol. The summed E-state index contributed by atoms with van der Waals surface area (Å²) in [6.07, 6.45) is 0. The summed E-state index contributed by atoms with van der Waals surface area (Å²) in [6, 6.07) is 6.42. The van der Waals surface area contributed by atoms with Gasteiger partial charge in [0, 0.05) is 5.38 Å². The zero-order chi connectivity index (χ0) is 13.6. The summed E-state index contributed by atoms with van der Waals surface area (Å²) in [5, 5.41) is 2.00. The van der Waals surface area contributed by atoms with Crippen LogP contribution in [0.25, 0.3) is 16.2 Å². The van der Waals surface area contributed by atoms with Crippen molar-refractivity contribution in [3.8, 4) is 11.3 Å². The van der Waals surface area contributed by atoms with Crippen LogP contribution in [0.2, 0.25) is 0 Å². The number of halogens is 1. The van der Waals surface area contributed by atoms with Crippen molar-refractivity contribution >= 4 is 22.1 Å². The summed E-state index contributed by atoms with van der Waals surface area (Å²) in [5.41, 5.74) is 8.99. The SMILES string of the molecule is CC(C)c1nc2scc(-c3ccc(F)cc3)n2c1N. The summed E-state index contributed by atoms with van der Waals surface area (Å²) in [6.45, 7) is 4.14. The van der Waals surface area contributed by atoms with Crippen LogP contribution < -0.4 is 5.73 Å². The van der Waals surface area contributed by atoms with E-state index in [0.29, 0.717) is 5.82 Å². The molecule has 0 bridgehead atoms. The van der Waals surface area contributed by atoms with Crippen molar-refractivity contribution in [3.63, 3.8) is 0 Å². The monoisotopic (exact) mass is 275 g/mol. The van der Waals surface area contributed by atoms with E-state index in [0.717, 1.165) is 21.9 Å². The molecule has 0 aliphatic carbocycles. The molecule has 0 aliphatic rings. The Morgan fingerprint density at radius 2 is 1.95 bits per heavy atom. The molecule has 2 heterocycles. The number of benzene rings is 1. The topological polar surface area (TPSA) is 43.3 Å². The number of thiazole rings is 1. The number of nitrogen functional groups attached to an aromatic ring is 1. The van der Waals surface area contributed by atoms with E-state index >= 15 is 0 Å². The Kier molecular flexibility index (Phi) is 2.78. The van der Waals surface area contributed by atoms with Crippen molar-refractivity contribution in [3.05, 3.63) is 41.2 Å². The maximum absolute atomic E-state index is 13.0. The van der Waals surface area contributed by atoms with Crippen LogP contribution in [0.5, 0.6) is 0 Å². The molecule has 19 heavy (non-hydrogen) atoms. The van der Waals surface area contributed by atoms with Gasteiger partial charge in [-0.2, -0.15) is 0 Å². The van der Waals surface area contributed by atoms with E-state index in [1.807, 2.05) is 9.78 Å². The zero-order valence-electron chi connectivity index (χ0n) is 10.7. The molecule has 0 unspecified atom stereocenters. The molecule has 0 radical (unpaired) electrons. The van der Waals surface area contributed by atoms with Gasteiger partial charge in [-0.1, -0.05) is 13.8 Å². The Balaban J connectivity index is 2.22. The molecule has 3 rings (SSSR count). The first kappa shape index (κ1) is 12.2. The third-order valence-corrected chi connectivity index (χ3v) is 3.94. The number of fused-ring (bicyclic) bond motifs is 1. The number of aromatic nitrogens is 2. The number of hydrogen-bond acceptors (Lipinski definition) is 3. The van der Waals surface area contributed by atoms with Gasteiger partial charge in [0.25, 0.3) is 0 Å². The van der Waals surface area contributed by atoms with Crippen molar-refractivity contribution in [2.75, 3.05) is 5.73 Å². The molecule has 0 fully saturated rings. The lowest BCUT2D eigenvalue weighted by atomic mass is 10.1. The third kappa shape index (κ3) is 1.90. The highest BCUT2D eigenvalue weighted by Gasteiger charge is 2.17. The molecule has 0 amide bonds. The van der Waals surface area contributed by atoms with Crippen LogP contribution in [-0.2, 0) is 0 Å². The normalized spacial score (nSPS) is 11.6. The maximum atomic E-state index is 13.0. The number of nitrogens with zero attached hydrogens (tertiary/aromatic N) is 2. The van der Waals surface area contributed by atoms with Crippen LogP contribution in [0, 0.1) is 5.82 Å². The predicted octanol–water partition coefficient (Wildman–Crippen LogP) is 3.91. The van der Waals surface area contributed by atoms with Gasteiger partial charge in [0.1, 0.15) is 11.6 Å². The van der Waals surface area contributed by atoms with Gasteiger partial charge in [-0.3, -0.25) is 4.40 Å². The number of nitrogens with two attached hydrogens (primary N) is 1. The van der Waals surface area contributed by atoms with Crippen molar-refractivity contribution in [2.45, 2.75) is 19.8 Å². The minimum Gasteiger partial charge on any atom is -0.383 e. The maximum Gasteiger partial charge on any atom is 0.196 e. The van der Waals surface area contributed by atoms with Crippen molar-refractivity contribution in [2.24, 2.45) is 0 Å². The second-order valence-electron chi connectivity index (χ2n) is 4.78. The second-order valence-corrected chi connectivity index (χ2v) is 5.62. The molecule has 2 N–H and O–H groups in total. The van der Waals surface area contributed by atoms with Gasteiger partial charge in [-0.15, -0.1) is 11.3 Å². The van der Waals surface area contributed by atoms with Crippen LogP contribution in [0.15, 0.2) is 29.6 Å². The molecule has 0 aliphatic heterocycles. The van der Waals surface area contributed by atoms with E-state index < -0.39 is 0 Å². The fourth-order valence-corrected chi connectivity index (χ4v) is 3.06. The molecule has 2 aromatic heterocycles. The van der Waals surface area contributed by atoms with Gasteiger partial charge in [0.05, 0.1) is 11.4 Å². The Labute approximate surface area is 114 Å². The summed E-state index contributed by atoms with van der Waals surface area (Å²) < 4.78 is 14.9.